The molecular formula is C24H32N4O2. The Labute approximate surface area is 179 Å². The van der Waals surface area contributed by atoms with E-state index in [0.717, 1.165) is 12.0 Å². The Kier molecular flexibility index (Phi) is 6.34. The highest BCUT2D eigenvalue weighted by atomic mass is 16.5. The number of benzene rings is 2. The maximum atomic E-state index is 12.1. The summed E-state index contributed by atoms with van der Waals surface area (Å²) >= 11 is 0. The van der Waals surface area contributed by atoms with Crippen molar-refractivity contribution < 1.29 is 9.53 Å². The van der Waals surface area contributed by atoms with Gasteiger partial charge < -0.3 is 15.0 Å². The van der Waals surface area contributed by atoms with Crippen molar-refractivity contribution in [3.8, 4) is 5.75 Å². The van der Waals surface area contributed by atoms with Gasteiger partial charge in [-0.25, -0.2) is 10.2 Å². The van der Waals surface area contributed by atoms with Crippen molar-refractivity contribution in [3.63, 3.8) is 0 Å². The van der Waals surface area contributed by atoms with Crippen molar-refractivity contribution in [3.05, 3.63) is 53.6 Å². The molecule has 1 aliphatic rings. The monoisotopic (exact) mass is 408 g/mol. The number of ether oxygens (including phenoxy) is 1. The zero-order valence-electron chi connectivity index (χ0n) is 18.7. The Balaban J connectivity index is 1.71. The number of urea groups is 1. The number of nitrogens with one attached hydrogen (secondary N) is 2. The number of para-hydroxylation sites is 2. The van der Waals surface area contributed by atoms with E-state index >= 15 is 0 Å². The molecule has 2 aromatic rings. The van der Waals surface area contributed by atoms with E-state index < -0.39 is 6.03 Å². The van der Waals surface area contributed by atoms with Gasteiger partial charge in [0.25, 0.3) is 0 Å². The van der Waals surface area contributed by atoms with Gasteiger partial charge in [0, 0.05) is 17.3 Å². The number of amides is 2. The van der Waals surface area contributed by atoms with Gasteiger partial charge in [0.1, 0.15) is 5.75 Å². The van der Waals surface area contributed by atoms with Gasteiger partial charge in [-0.15, -0.1) is 0 Å². The second kappa shape index (κ2) is 8.78. The Hall–Kier alpha value is -3.02. The summed E-state index contributed by atoms with van der Waals surface area (Å²) in [5, 5.41) is 6.84. The minimum Gasteiger partial charge on any atom is -0.495 e. The fraction of sp³-hybridized carbons (Fsp3) is 0.417. The number of carbonyl (C=O) groups excluding carboxylic acids is 1. The number of carbonyl (C=O) groups is 1. The highest BCUT2D eigenvalue weighted by molar-refractivity contribution is 5.92. The molecule has 2 N–H and O–H groups in total. The minimum atomic E-state index is -0.421. The number of nitrogens with zero attached hydrogens (tertiary/aromatic N) is 2. The standard InChI is InChI=1S/C24H32N4O2/c1-16(2)28-21-12-11-18(13-19(21)17(3)14-24(28,4)5)15-25-27-23(29)26-20-9-7-8-10-22(20)30-6/h7-13,15-17H,14H2,1-6H3,(H2,26,27,29)/b25-15+/t17-/m1/s1. The quantitative estimate of drug-likeness (QED) is 0.518. The average molecular weight is 409 g/mol. The molecule has 0 fully saturated rings. The molecule has 0 radical (unpaired) electrons. The zero-order chi connectivity index (χ0) is 21.9. The molecular weight excluding hydrogens is 376 g/mol. The van der Waals surface area contributed by atoms with Crippen molar-refractivity contribution in [1.29, 1.82) is 0 Å². The molecule has 0 aliphatic carbocycles. The van der Waals surface area contributed by atoms with Gasteiger partial charge in [-0.3, -0.25) is 0 Å². The molecule has 0 unspecified atom stereocenters. The van der Waals surface area contributed by atoms with Crippen LogP contribution in [0.5, 0.6) is 5.75 Å². The summed E-state index contributed by atoms with van der Waals surface area (Å²) in [6, 6.07) is 13.6. The van der Waals surface area contributed by atoms with Crippen LogP contribution in [0.3, 0.4) is 0 Å². The van der Waals surface area contributed by atoms with Gasteiger partial charge >= 0.3 is 6.03 Å². The van der Waals surface area contributed by atoms with Crippen molar-refractivity contribution in [2.45, 2.75) is 58.5 Å². The molecule has 0 bridgehead atoms. The molecule has 3 rings (SSSR count). The topological polar surface area (TPSA) is 66.0 Å². The molecule has 1 atom stereocenters. The number of hydrazone groups is 1. The normalized spacial score (nSPS) is 17.7. The molecule has 0 aromatic heterocycles. The maximum absolute atomic E-state index is 12.1. The Bertz CT molecular complexity index is 937. The van der Waals surface area contributed by atoms with Gasteiger partial charge in [-0.05, 0) is 75.4 Å². The van der Waals surface area contributed by atoms with Gasteiger partial charge in [-0.1, -0.05) is 25.1 Å². The van der Waals surface area contributed by atoms with E-state index in [1.165, 1.54) is 11.3 Å². The van der Waals surface area contributed by atoms with Crippen LogP contribution in [0.4, 0.5) is 16.2 Å². The van der Waals surface area contributed by atoms with E-state index in [4.69, 9.17) is 4.74 Å². The predicted molar refractivity (Wildman–Crippen MR) is 124 cm³/mol. The lowest BCUT2D eigenvalue weighted by molar-refractivity contribution is 0.252. The number of hydrogen-bond acceptors (Lipinski definition) is 4. The van der Waals surface area contributed by atoms with Crippen LogP contribution in [0.2, 0.25) is 0 Å². The van der Waals surface area contributed by atoms with Crippen molar-refractivity contribution in [2.75, 3.05) is 17.3 Å². The van der Waals surface area contributed by atoms with Crippen LogP contribution < -0.4 is 20.4 Å². The molecule has 0 saturated heterocycles. The van der Waals surface area contributed by atoms with Crippen molar-refractivity contribution in [1.82, 2.24) is 5.43 Å². The van der Waals surface area contributed by atoms with Gasteiger partial charge in [0.05, 0.1) is 19.0 Å². The summed E-state index contributed by atoms with van der Waals surface area (Å²) in [5.41, 5.74) is 6.79. The molecule has 1 aliphatic heterocycles. The van der Waals surface area contributed by atoms with Crippen LogP contribution in [0, 0.1) is 0 Å². The molecule has 0 saturated carbocycles. The summed E-state index contributed by atoms with van der Waals surface area (Å²) in [7, 11) is 1.56. The lowest BCUT2D eigenvalue weighted by Crippen LogP contribution is -2.51. The van der Waals surface area contributed by atoms with Crippen LogP contribution in [0.1, 0.15) is 58.1 Å². The highest BCUT2D eigenvalue weighted by Gasteiger charge is 2.37. The number of fused-ring (bicyclic) bond motifs is 1. The third-order valence-corrected chi connectivity index (χ3v) is 5.55. The maximum Gasteiger partial charge on any atom is 0.339 e. The van der Waals surface area contributed by atoms with Crippen LogP contribution in [-0.4, -0.2) is 30.9 Å². The van der Waals surface area contributed by atoms with E-state index in [1.807, 2.05) is 18.2 Å². The fourth-order valence-corrected chi connectivity index (χ4v) is 4.59. The number of anilines is 2. The first-order chi connectivity index (χ1) is 14.2. The Morgan fingerprint density at radius 2 is 2.00 bits per heavy atom. The summed E-state index contributed by atoms with van der Waals surface area (Å²) < 4.78 is 5.24. The third kappa shape index (κ3) is 4.58. The average Bonchev–Trinajstić information content (AvgIpc) is 2.67. The molecule has 2 aromatic carbocycles. The first kappa shape index (κ1) is 21.7. The first-order valence-corrected chi connectivity index (χ1v) is 10.4. The number of methoxy groups -OCH3 is 1. The second-order valence-corrected chi connectivity index (χ2v) is 8.72. The summed E-state index contributed by atoms with van der Waals surface area (Å²) in [4.78, 5) is 14.6. The van der Waals surface area contributed by atoms with E-state index in [1.54, 1.807) is 25.5 Å². The molecule has 1 heterocycles. The largest absolute Gasteiger partial charge is 0.495 e. The molecule has 2 amide bonds. The van der Waals surface area contributed by atoms with Crippen molar-refractivity contribution in [2.24, 2.45) is 5.10 Å². The third-order valence-electron chi connectivity index (χ3n) is 5.55. The lowest BCUT2D eigenvalue weighted by Gasteiger charge is -2.50. The summed E-state index contributed by atoms with van der Waals surface area (Å²) in [6.45, 7) is 11.4. The predicted octanol–water partition coefficient (Wildman–Crippen LogP) is 5.35. The molecule has 160 valence electrons. The molecule has 6 nitrogen and oxygen atoms in total. The summed E-state index contributed by atoms with van der Waals surface area (Å²) in [6.07, 6.45) is 2.77. The van der Waals surface area contributed by atoms with E-state index in [-0.39, 0.29) is 5.54 Å². The Morgan fingerprint density at radius 3 is 2.70 bits per heavy atom. The van der Waals surface area contributed by atoms with E-state index in [9.17, 15) is 4.79 Å². The van der Waals surface area contributed by atoms with E-state index in [0.29, 0.717) is 23.4 Å². The van der Waals surface area contributed by atoms with Crippen molar-refractivity contribution >= 4 is 23.6 Å². The van der Waals surface area contributed by atoms with Crippen LogP contribution in [-0.2, 0) is 0 Å². The summed E-state index contributed by atoms with van der Waals surface area (Å²) in [5.74, 6) is 1.05. The lowest BCUT2D eigenvalue weighted by atomic mass is 9.79. The SMILES string of the molecule is COc1ccccc1NC(=O)N/N=C/c1ccc2c(c1)[C@H](C)CC(C)(C)N2C(C)C. The van der Waals surface area contributed by atoms with Gasteiger partial charge in [0.2, 0.25) is 0 Å². The van der Waals surface area contributed by atoms with Crippen LogP contribution in [0.25, 0.3) is 0 Å². The number of rotatable bonds is 5. The molecule has 0 spiro atoms. The van der Waals surface area contributed by atoms with E-state index in [2.05, 4.69) is 67.5 Å². The smallest absolute Gasteiger partial charge is 0.339 e. The second-order valence-electron chi connectivity index (χ2n) is 8.72. The fourth-order valence-electron chi connectivity index (χ4n) is 4.59. The number of hydrogen-bond donors (Lipinski definition) is 2. The van der Waals surface area contributed by atoms with Crippen LogP contribution in [0.15, 0.2) is 47.6 Å². The first-order valence-electron chi connectivity index (χ1n) is 10.4. The molecule has 30 heavy (non-hydrogen) atoms. The minimum absolute atomic E-state index is 0.119. The van der Waals surface area contributed by atoms with Gasteiger partial charge in [-0.2, -0.15) is 5.10 Å². The van der Waals surface area contributed by atoms with Gasteiger partial charge in [0.15, 0.2) is 0 Å². The Morgan fingerprint density at radius 1 is 1.27 bits per heavy atom. The highest BCUT2D eigenvalue weighted by Crippen LogP contribution is 2.44. The molecule has 6 heteroatoms. The van der Waals surface area contributed by atoms with Crippen LogP contribution >= 0.6 is 0 Å². The zero-order valence-corrected chi connectivity index (χ0v) is 18.7.